The minimum Gasteiger partial charge on any atom is -0.345 e. The number of hydrogen-bond donors (Lipinski definition) is 2. The molecule has 2 N–H and O–H groups in total. The summed E-state index contributed by atoms with van der Waals surface area (Å²) in [6.07, 6.45) is -3.60. The Balaban J connectivity index is 2.28. The summed E-state index contributed by atoms with van der Waals surface area (Å²) in [5, 5.41) is -0.853. The minimum atomic E-state index is -4.99. The second-order valence-corrected chi connectivity index (χ2v) is 11.8. The van der Waals surface area contributed by atoms with Crippen LogP contribution in [0.2, 0.25) is 0 Å². The van der Waals surface area contributed by atoms with Gasteiger partial charge in [0, 0.05) is 6.20 Å². The topological polar surface area (TPSA) is 105 Å². The SMILES string of the molecule is Cc1cccc(S(=O)(=O)c2nc3[nH]ccc3nc2C(N[S@@](=O)C(C)(C)C)C(F)(F)F)c1. The van der Waals surface area contributed by atoms with Gasteiger partial charge in [-0.1, -0.05) is 12.1 Å². The van der Waals surface area contributed by atoms with E-state index in [1.54, 1.807) is 13.0 Å². The fourth-order valence-electron chi connectivity index (χ4n) is 2.71. The molecule has 0 aliphatic rings. The van der Waals surface area contributed by atoms with Gasteiger partial charge < -0.3 is 4.98 Å². The number of fused-ring (bicyclic) bond motifs is 1. The summed E-state index contributed by atoms with van der Waals surface area (Å²) in [6.45, 7) is 6.14. The summed E-state index contributed by atoms with van der Waals surface area (Å²) in [7, 11) is -6.63. The number of aromatic amines is 1. The van der Waals surface area contributed by atoms with E-state index in [0.29, 0.717) is 5.56 Å². The van der Waals surface area contributed by atoms with Crippen molar-refractivity contribution in [1.29, 1.82) is 0 Å². The zero-order valence-electron chi connectivity index (χ0n) is 17.1. The molecule has 2 atom stereocenters. The summed E-state index contributed by atoms with van der Waals surface area (Å²) in [4.78, 5) is 10.4. The number of sulfone groups is 1. The fraction of sp³-hybridized carbons (Fsp3) is 0.368. The van der Waals surface area contributed by atoms with Crippen LogP contribution in [0, 0.1) is 6.92 Å². The van der Waals surface area contributed by atoms with Gasteiger partial charge in [0.15, 0.2) is 16.7 Å². The van der Waals surface area contributed by atoms with Gasteiger partial charge in [-0.3, -0.25) is 0 Å². The Hall–Kier alpha value is -2.31. The highest BCUT2D eigenvalue weighted by Gasteiger charge is 2.47. The molecule has 3 rings (SSSR count). The van der Waals surface area contributed by atoms with E-state index in [1.165, 1.54) is 51.2 Å². The molecule has 2 aromatic heterocycles. The quantitative estimate of drug-likeness (QED) is 0.586. The zero-order valence-corrected chi connectivity index (χ0v) is 18.7. The molecule has 3 aromatic rings. The van der Waals surface area contributed by atoms with Gasteiger partial charge in [-0.05, 0) is 51.5 Å². The Morgan fingerprint density at radius 1 is 1.13 bits per heavy atom. The highest BCUT2D eigenvalue weighted by molar-refractivity contribution is 7.91. The Morgan fingerprint density at radius 3 is 2.39 bits per heavy atom. The van der Waals surface area contributed by atoms with Crippen molar-refractivity contribution < 1.29 is 25.8 Å². The Labute approximate surface area is 180 Å². The third kappa shape index (κ3) is 4.80. The van der Waals surface area contributed by atoms with Crippen LogP contribution in [0.3, 0.4) is 0 Å². The molecule has 2 heterocycles. The van der Waals surface area contributed by atoms with E-state index in [9.17, 15) is 25.8 Å². The lowest BCUT2D eigenvalue weighted by atomic mass is 10.2. The van der Waals surface area contributed by atoms with Crippen LogP contribution in [0.4, 0.5) is 13.2 Å². The third-order valence-electron chi connectivity index (χ3n) is 4.31. The molecule has 0 aliphatic carbocycles. The molecule has 0 fully saturated rings. The largest absolute Gasteiger partial charge is 0.410 e. The van der Waals surface area contributed by atoms with E-state index in [-0.39, 0.29) is 16.1 Å². The molecule has 0 saturated carbocycles. The van der Waals surface area contributed by atoms with E-state index >= 15 is 0 Å². The van der Waals surface area contributed by atoms with Crippen LogP contribution in [-0.4, -0.2) is 38.5 Å². The molecule has 0 aliphatic heterocycles. The highest BCUT2D eigenvalue weighted by atomic mass is 32.2. The second-order valence-electron chi connectivity index (χ2n) is 7.92. The van der Waals surface area contributed by atoms with Crippen LogP contribution in [0.25, 0.3) is 11.2 Å². The first-order valence-electron chi connectivity index (χ1n) is 9.13. The van der Waals surface area contributed by atoms with Gasteiger partial charge in [-0.15, -0.1) is 0 Å². The summed E-state index contributed by atoms with van der Waals surface area (Å²) in [6, 6.07) is 4.51. The molecule has 1 aromatic carbocycles. The Morgan fingerprint density at radius 2 is 1.81 bits per heavy atom. The number of alkyl halides is 3. The maximum absolute atomic E-state index is 14.0. The zero-order chi connectivity index (χ0) is 23.2. The molecule has 0 amide bonds. The van der Waals surface area contributed by atoms with Crippen molar-refractivity contribution in [2.45, 2.75) is 54.6 Å². The smallest absolute Gasteiger partial charge is 0.345 e. The van der Waals surface area contributed by atoms with Gasteiger partial charge in [-0.2, -0.15) is 13.2 Å². The first kappa shape index (κ1) is 23.4. The van der Waals surface area contributed by atoms with Crippen molar-refractivity contribution in [3.8, 4) is 0 Å². The molecule has 7 nitrogen and oxygen atoms in total. The number of hydrogen-bond acceptors (Lipinski definition) is 5. The molecular weight excluding hydrogens is 453 g/mol. The van der Waals surface area contributed by atoms with Crippen molar-refractivity contribution >= 4 is 32.0 Å². The van der Waals surface area contributed by atoms with Crippen molar-refractivity contribution in [3.63, 3.8) is 0 Å². The minimum absolute atomic E-state index is 0.0212. The van der Waals surface area contributed by atoms with E-state index < -0.39 is 48.5 Å². The van der Waals surface area contributed by atoms with Gasteiger partial charge in [0.25, 0.3) is 0 Å². The van der Waals surface area contributed by atoms with Crippen LogP contribution in [-0.2, 0) is 20.8 Å². The predicted molar refractivity (Wildman–Crippen MR) is 110 cm³/mol. The van der Waals surface area contributed by atoms with E-state index in [4.69, 9.17) is 0 Å². The van der Waals surface area contributed by atoms with Crippen molar-refractivity contribution in [2.75, 3.05) is 0 Å². The van der Waals surface area contributed by atoms with Crippen LogP contribution >= 0.6 is 0 Å². The number of nitrogens with one attached hydrogen (secondary N) is 2. The fourth-order valence-corrected chi connectivity index (χ4v) is 5.00. The van der Waals surface area contributed by atoms with Gasteiger partial charge >= 0.3 is 6.18 Å². The van der Waals surface area contributed by atoms with E-state index in [2.05, 4.69) is 15.0 Å². The number of halogens is 3. The summed E-state index contributed by atoms with van der Waals surface area (Å²) < 4.78 is 82.2. The molecule has 1 unspecified atom stereocenters. The maximum atomic E-state index is 14.0. The van der Waals surface area contributed by atoms with Crippen molar-refractivity contribution in [3.05, 3.63) is 47.8 Å². The van der Waals surface area contributed by atoms with E-state index in [0.717, 1.165) is 0 Å². The first-order valence-corrected chi connectivity index (χ1v) is 11.8. The van der Waals surface area contributed by atoms with Crippen molar-refractivity contribution in [2.24, 2.45) is 0 Å². The normalized spacial score (nSPS) is 15.2. The van der Waals surface area contributed by atoms with Gasteiger partial charge in [0.05, 0.1) is 20.6 Å². The molecule has 0 spiro atoms. The maximum Gasteiger partial charge on any atom is 0.410 e. The van der Waals surface area contributed by atoms with Crippen LogP contribution in [0.5, 0.6) is 0 Å². The molecule has 168 valence electrons. The first-order chi connectivity index (χ1) is 14.2. The lowest BCUT2D eigenvalue weighted by molar-refractivity contribution is -0.154. The lowest BCUT2D eigenvalue weighted by Crippen LogP contribution is -2.42. The van der Waals surface area contributed by atoms with Crippen LogP contribution in [0.15, 0.2) is 46.5 Å². The molecule has 0 radical (unpaired) electrons. The molecule has 0 bridgehead atoms. The summed E-state index contributed by atoms with van der Waals surface area (Å²) in [5.41, 5.74) is -0.182. The Bertz CT molecular complexity index is 1250. The number of benzene rings is 1. The standard InChI is InChI=1S/C19H21F3N4O3S2/c1-11-6-5-7-12(10-11)31(28,29)17-14(24-13-8-9-23-16(13)25-17)15(19(20,21)22)26-30(27)18(2,3)4/h5-10,15,26H,1-4H3,(H,23,25)/t15?,30-/m0/s1. The summed E-state index contributed by atoms with van der Waals surface area (Å²) in [5.74, 6) is 0. The molecule has 0 saturated heterocycles. The second kappa shape index (κ2) is 7.99. The molecular formula is C19H21F3N4O3S2. The van der Waals surface area contributed by atoms with E-state index in [1.807, 2.05) is 4.72 Å². The van der Waals surface area contributed by atoms with Crippen molar-refractivity contribution in [1.82, 2.24) is 19.7 Å². The number of H-pyrrole nitrogens is 1. The number of rotatable bonds is 5. The Kier molecular flexibility index (Phi) is 6.02. The average molecular weight is 475 g/mol. The average Bonchev–Trinajstić information content (AvgIpc) is 3.10. The van der Waals surface area contributed by atoms with Crippen LogP contribution in [0.1, 0.15) is 38.1 Å². The van der Waals surface area contributed by atoms with Gasteiger partial charge in [0.2, 0.25) is 9.84 Å². The van der Waals surface area contributed by atoms with Gasteiger partial charge in [-0.25, -0.2) is 27.3 Å². The monoisotopic (exact) mass is 474 g/mol. The highest BCUT2D eigenvalue weighted by Crippen LogP contribution is 2.37. The molecule has 31 heavy (non-hydrogen) atoms. The summed E-state index contributed by atoms with van der Waals surface area (Å²) >= 11 is 0. The molecule has 12 heteroatoms. The predicted octanol–water partition coefficient (Wildman–Crippen LogP) is 3.75. The lowest BCUT2D eigenvalue weighted by Gasteiger charge is -2.26. The number of aromatic nitrogens is 3. The van der Waals surface area contributed by atoms with Crippen LogP contribution < -0.4 is 4.72 Å². The number of nitrogens with zero attached hydrogens (tertiary/aromatic N) is 2. The number of aryl methyl sites for hydroxylation is 1. The van der Waals surface area contributed by atoms with Gasteiger partial charge in [0.1, 0.15) is 11.2 Å². The third-order valence-corrected chi connectivity index (χ3v) is 7.56.